The van der Waals surface area contributed by atoms with Crippen LogP contribution in [0, 0.1) is 0 Å². The fraction of sp³-hybridized carbons (Fsp3) is 0.400. The van der Waals surface area contributed by atoms with E-state index in [-0.39, 0.29) is 6.10 Å². The minimum absolute atomic E-state index is 0.0852. The molecule has 14 heavy (non-hydrogen) atoms. The molecule has 4 N–H and O–H groups in total. The molecule has 1 unspecified atom stereocenters. The number of nitrogens with two attached hydrogens (primary N) is 2. The Labute approximate surface area is 82.8 Å². The van der Waals surface area contributed by atoms with Crippen molar-refractivity contribution >= 4 is 11.4 Å². The molecule has 1 heterocycles. The first-order valence-electron chi connectivity index (χ1n) is 4.59. The van der Waals surface area contributed by atoms with Gasteiger partial charge in [-0.3, -0.25) is 0 Å². The Bertz CT molecular complexity index is 302. The van der Waals surface area contributed by atoms with Crippen molar-refractivity contribution in [2.45, 2.75) is 12.5 Å². The molecular formula is C10H14N2O2. The van der Waals surface area contributed by atoms with Crippen LogP contribution in [0.1, 0.15) is 5.56 Å². The summed E-state index contributed by atoms with van der Waals surface area (Å²) in [6, 6.07) is 5.54. The number of hydrogen-bond acceptors (Lipinski definition) is 4. The van der Waals surface area contributed by atoms with E-state index in [2.05, 4.69) is 0 Å². The Hall–Kier alpha value is -1.26. The highest BCUT2D eigenvalue weighted by Gasteiger charge is 2.18. The highest BCUT2D eigenvalue weighted by Crippen LogP contribution is 2.22. The molecule has 1 saturated heterocycles. The minimum Gasteiger partial charge on any atom is -0.398 e. The van der Waals surface area contributed by atoms with Crippen LogP contribution in [-0.2, 0) is 15.9 Å². The predicted molar refractivity (Wildman–Crippen MR) is 54.7 cm³/mol. The third-order valence-electron chi connectivity index (χ3n) is 2.37. The third-order valence-corrected chi connectivity index (χ3v) is 2.37. The standard InChI is InChI=1S/C10H14N2O2/c11-9-2-1-3-10(12)8(9)4-7-5-13-6-14-7/h1-3,7H,4-6,11-12H2. The van der Waals surface area contributed by atoms with Gasteiger partial charge in [0, 0.05) is 23.4 Å². The van der Waals surface area contributed by atoms with Gasteiger partial charge in [-0.2, -0.15) is 0 Å². The van der Waals surface area contributed by atoms with Crippen molar-refractivity contribution in [1.82, 2.24) is 0 Å². The monoisotopic (exact) mass is 194 g/mol. The molecule has 1 atom stereocenters. The Morgan fingerprint density at radius 3 is 2.57 bits per heavy atom. The maximum absolute atomic E-state index is 5.82. The second kappa shape index (κ2) is 3.86. The number of hydrogen-bond donors (Lipinski definition) is 2. The lowest BCUT2D eigenvalue weighted by atomic mass is 10.0. The molecule has 0 aromatic heterocycles. The SMILES string of the molecule is Nc1cccc(N)c1CC1COCO1. The largest absolute Gasteiger partial charge is 0.398 e. The normalized spacial score (nSPS) is 21.3. The zero-order valence-corrected chi connectivity index (χ0v) is 7.90. The van der Waals surface area contributed by atoms with E-state index in [0.29, 0.717) is 13.4 Å². The summed E-state index contributed by atoms with van der Waals surface area (Å²) in [5.41, 5.74) is 14.1. The van der Waals surface area contributed by atoms with Gasteiger partial charge in [0.05, 0.1) is 12.7 Å². The van der Waals surface area contributed by atoms with Gasteiger partial charge in [-0.25, -0.2) is 0 Å². The van der Waals surface area contributed by atoms with Crippen molar-refractivity contribution in [3.63, 3.8) is 0 Å². The lowest BCUT2D eigenvalue weighted by Gasteiger charge is -2.12. The van der Waals surface area contributed by atoms with Crippen LogP contribution < -0.4 is 11.5 Å². The summed E-state index contributed by atoms with van der Waals surface area (Å²) in [5.74, 6) is 0. The minimum atomic E-state index is 0.0852. The van der Waals surface area contributed by atoms with E-state index in [1.807, 2.05) is 18.2 Å². The number of rotatable bonds is 2. The topological polar surface area (TPSA) is 70.5 Å². The van der Waals surface area contributed by atoms with Gasteiger partial charge in [0.2, 0.25) is 0 Å². The molecule has 0 saturated carbocycles. The Kier molecular flexibility index (Phi) is 2.56. The molecular weight excluding hydrogens is 180 g/mol. The first kappa shape index (κ1) is 9.30. The molecule has 4 heteroatoms. The summed E-state index contributed by atoms with van der Waals surface area (Å²) < 4.78 is 10.4. The molecule has 0 spiro atoms. The van der Waals surface area contributed by atoms with E-state index in [1.54, 1.807) is 0 Å². The second-order valence-corrected chi connectivity index (χ2v) is 3.40. The molecule has 0 amide bonds. The Morgan fingerprint density at radius 2 is 2.00 bits per heavy atom. The van der Waals surface area contributed by atoms with E-state index in [4.69, 9.17) is 20.9 Å². The van der Waals surface area contributed by atoms with Crippen molar-refractivity contribution in [3.05, 3.63) is 23.8 Å². The summed E-state index contributed by atoms with van der Waals surface area (Å²) in [6.45, 7) is 0.991. The van der Waals surface area contributed by atoms with Gasteiger partial charge in [0.1, 0.15) is 6.79 Å². The molecule has 2 rings (SSSR count). The molecule has 0 radical (unpaired) electrons. The highest BCUT2D eigenvalue weighted by molar-refractivity contribution is 5.61. The molecule has 1 aromatic rings. The quantitative estimate of drug-likeness (QED) is 0.682. The smallest absolute Gasteiger partial charge is 0.147 e. The highest BCUT2D eigenvalue weighted by atomic mass is 16.7. The Morgan fingerprint density at radius 1 is 1.29 bits per heavy atom. The molecule has 1 aliphatic rings. The zero-order valence-electron chi connectivity index (χ0n) is 7.90. The fourth-order valence-electron chi connectivity index (χ4n) is 1.58. The molecule has 0 bridgehead atoms. The van der Waals surface area contributed by atoms with Crippen molar-refractivity contribution in [2.24, 2.45) is 0 Å². The van der Waals surface area contributed by atoms with Crippen LogP contribution >= 0.6 is 0 Å². The molecule has 4 nitrogen and oxygen atoms in total. The van der Waals surface area contributed by atoms with Crippen molar-refractivity contribution < 1.29 is 9.47 Å². The molecule has 1 aliphatic heterocycles. The molecule has 1 aromatic carbocycles. The van der Waals surface area contributed by atoms with Crippen molar-refractivity contribution in [1.29, 1.82) is 0 Å². The molecule has 76 valence electrons. The predicted octanol–water partition coefficient (Wildman–Crippen LogP) is 0.766. The third kappa shape index (κ3) is 1.81. The van der Waals surface area contributed by atoms with E-state index in [0.717, 1.165) is 23.4 Å². The van der Waals surface area contributed by atoms with Gasteiger partial charge >= 0.3 is 0 Å². The fourth-order valence-corrected chi connectivity index (χ4v) is 1.58. The van der Waals surface area contributed by atoms with E-state index in [9.17, 15) is 0 Å². The maximum atomic E-state index is 5.82. The number of ether oxygens (including phenoxy) is 2. The van der Waals surface area contributed by atoms with Crippen LogP contribution in [0.2, 0.25) is 0 Å². The van der Waals surface area contributed by atoms with E-state index < -0.39 is 0 Å². The van der Waals surface area contributed by atoms with Crippen LogP contribution in [0.25, 0.3) is 0 Å². The van der Waals surface area contributed by atoms with Crippen LogP contribution in [0.5, 0.6) is 0 Å². The number of benzene rings is 1. The summed E-state index contributed by atoms with van der Waals surface area (Å²) in [4.78, 5) is 0. The van der Waals surface area contributed by atoms with Crippen molar-refractivity contribution in [3.8, 4) is 0 Å². The number of anilines is 2. The van der Waals surface area contributed by atoms with Crippen LogP contribution in [0.15, 0.2) is 18.2 Å². The average molecular weight is 194 g/mol. The Balaban J connectivity index is 2.14. The van der Waals surface area contributed by atoms with Gasteiger partial charge in [-0.1, -0.05) is 6.07 Å². The van der Waals surface area contributed by atoms with E-state index >= 15 is 0 Å². The molecule has 1 fully saturated rings. The van der Waals surface area contributed by atoms with Crippen LogP contribution in [0.3, 0.4) is 0 Å². The van der Waals surface area contributed by atoms with Gasteiger partial charge < -0.3 is 20.9 Å². The molecule has 0 aliphatic carbocycles. The van der Waals surface area contributed by atoms with Crippen LogP contribution in [0.4, 0.5) is 11.4 Å². The zero-order chi connectivity index (χ0) is 9.97. The summed E-state index contributed by atoms with van der Waals surface area (Å²) in [5, 5.41) is 0. The number of nitrogen functional groups attached to an aromatic ring is 2. The van der Waals surface area contributed by atoms with Gasteiger partial charge in [0.15, 0.2) is 0 Å². The van der Waals surface area contributed by atoms with Crippen LogP contribution in [-0.4, -0.2) is 19.5 Å². The average Bonchev–Trinajstić information content (AvgIpc) is 2.64. The van der Waals surface area contributed by atoms with Gasteiger partial charge in [0.25, 0.3) is 0 Å². The van der Waals surface area contributed by atoms with Gasteiger partial charge in [-0.05, 0) is 12.1 Å². The first-order chi connectivity index (χ1) is 6.77. The summed E-state index contributed by atoms with van der Waals surface area (Å²) in [7, 11) is 0. The summed E-state index contributed by atoms with van der Waals surface area (Å²) >= 11 is 0. The first-order valence-corrected chi connectivity index (χ1v) is 4.59. The lowest BCUT2D eigenvalue weighted by Crippen LogP contribution is -2.15. The second-order valence-electron chi connectivity index (χ2n) is 3.40. The van der Waals surface area contributed by atoms with Gasteiger partial charge in [-0.15, -0.1) is 0 Å². The lowest BCUT2D eigenvalue weighted by molar-refractivity contribution is 0.0471. The maximum Gasteiger partial charge on any atom is 0.147 e. The van der Waals surface area contributed by atoms with E-state index in [1.165, 1.54) is 0 Å². The summed E-state index contributed by atoms with van der Waals surface area (Å²) in [6.07, 6.45) is 0.806. The van der Waals surface area contributed by atoms with Crippen molar-refractivity contribution in [2.75, 3.05) is 24.9 Å².